The summed E-state index contributed by atoms with van der Waals surface area (Å²) in [6.07, 6.45) is 6.58. The maximum atomic E-state index is 12.6. The fourth-order valence-corrected chi connectivity index (χ4v) is 4.77. The molecule has 1 aliphatic carbocycles. The monoisotopic (exact) mass is 377 g/mol. The molecule has 6 nitrogen and oxygen atoms in total. The van der Waals surface area contributed by atoms with E-state index in [2.05, 4.69) is 10.7 Å². The van der Waals surface area contributed by atoms with Crippen LogP contribution in [0.5, 0.6) is 0 Å². The molecule has 3 fully saturated rings. The average molecular weight is 378 g/mol. The SMILES string of the molecule is O=C(NCCc1csc([C@@H]2CCCN(C(=O)[C@@H]3CCCO3)C2)n1)C1CC1. The number of carbonyl (C=O) groups excluding carboxylic acids is 2. The highest BCUT2D eigenvalue weighted by molar-refractivity contribution is 7.09. The van der Waals surface area contributed by atoms with E-state index in [9.17, 15) is 9.59 Å². The molecule has 1 aromatic rings. The Hall–Kier alpha value is -1.47. The van der Waals surface area contributed by atoms with E-state index in [4.69, 9.17) is 9.72 Å². The first-order valence-electron chi connectivity index (χ1n) is 9.83. The van der Waals surface area contributed by atoms with Crippen LogP contribution in [0.25, 0.3) is 0 Å². The topological polar surface area (TPSA) is 71.5 Å². The van der Waals surface area contributed by atoms with Gasteiger partial charge in [0.15, 0.2) is 0 Å². The van der Waals surface area contributed by atoms with E-state index in [0.717, 1.165) is 68.7 Å². The maximum absolute atomic E-state index is 12.6. The van der Waals surface area contributed by atoms with Gasteiger partial charge in [0.1, 0.15) is 6.10 Å². The molecule has 3 heterocycles. The van der Waals surface area contributed by atoms with E-state index in [-0.39, 0.29) is 23.8 Å². The van der Waals surface area contributed by atoms with E-state index in [0.29, 0.717) is 19.1 Å². The van der Waals surface area contributed by atoms with Crippen LogP contribution in [0.4, 0.5) is 0 Å². The van der Waals surface area contributed by atoms with E-state index in [1.807, 2.05) is 4.90 Å². The molecule has 0 aromatic carbocycles. The largest absolute Gasteiger partial charge is 0.368 e. The molecule has 26 heavy (non-hydrogen) atoms. The first kappa shape index (κ1) is 17.9. The Kier molecular flexibility index (Phi) is 5.55. The van der Waals surface area contributed by atoms with Crippen molar-refractivity contribution in [1.29, 1.82) is 0 Å². The van der Waals surface area contributed by atoms with Crippen molar-refractivity contribution >= 4 is 23.2 Å². The van der Waals surface area contributed by atoms with Crippen LogP contribution in [0, 0.1) is 5.92 Å². The molecule has 3 aliphatic rings. The van der Waals surface area contributed by atoms with Gasteiger partial charge in [-0.2, -0.15) is 0 Å². The number of likely N-dealkylation sites (tertiary alicyclic amines) is 1. The minimum absolute atomic E-state index is 0.159. The summed E-state index contributed by atoms with van der Waals surface area (Å²) in [6.45, 7) is 2.96. The van der Waals surface area contributed by atoms with Gasteiger partial charge in [-0.25, -0.2) is 4.98 Å². The summed E-state index contributed by atoms with van der Waals surface area (Å²) < 4.78 is 5.56. The van der Waals surface area contributed by atoms with Crippen LogP contribution in [0.3, 0.4) is 0 Å². The number of rotatable bonds is 6. The molecule has 7 heteroatoms. The van der Waals surface area contributed by atoms with Gasteiger partial charge in [0.05, 0.1) is 10.7 Å². The van der Waals surface area contributed by atoms with Gasteiger partial charge in [0.25, 0.3) is 5.91 Å². The van der Waals surface area contributed by atoms with Gasteiger partial charge in [0.2, 0.25) is 5.91 Å². The zero-order valence-corrected chi connectivity index (χ0v) is 15.9. The van der Waals surface area contributed by atoms with Gasteiger partial charge in [-0.15, -0.1) is 11.3 Å². The number of hydrogen-bond donors (Lipinski definition) is 1. The number of nitrogens with one attached hydrogen (secondary N) is 1. The van der Waals surface area contributed by atoms with Crippen LogP contribution in [-0.2, 0) is 20.7 Å². The van der Waals surface area contributed by atoms with E-state index in [1.165, 1.54) is 0 Å². The van der Waals surface area contributed by atoms with Gasteiger partial charge >= 0.3 is 0 Å². The molecule has 2 saturated heterocycles. The van der Waals surface area contributed by atoms with Crippen LogP contribution in [0.15, 0.2) is 5.38 Å². The van der Waals surface area contributed by atoms with E-state index in [1.54, 1.807) is 11.3 Å². The van der Waals surface area contributed by atoms with Gasteiger partial charge in [-0.1, -0.05) is 0 Å². The van der Waals surface area contributed by atoms with E-state index < -0.39 is 0 Å². The molecular weight excluding hydrogens is 350 g/mol. The minimum atomic E-state index is -0.226. The van der Waals surface area contributed by atoms with Gasteiger partial charge in [-0.3, -0.25) is 9.59 Å². The number of piperidine rings is 1. The Bertz CT molecular complexity index is 652. The summed E-state index contributed by atoms with van der Waals surface area (Å²) in [4.78, 5) is 31.0. The van der Waals surface area contributed by atoms with E-state index >= 15 is 0 Å². The zero-order valence-electron chi connectivity index (χ0n) is 15.1. The van der Waals surface area contributed by atoms with Crippen molar-refractivity contribution in [3.05, 3.63) is 16.1 Å². The minimum Gasteiger partial charge on any atom is -0.368 e. The van der Waals surface area contributed by atoms with Crippen molar-refractivity contribution in [3.8, 4) is 0 Å². The Morgan fingerprint density at radius 2 is 2.15 bits per heavy atom. The first-order chi connectivity index (χ1) is 12.7. The van der Waals surface area contributed by atoms with Gasteiger partial charge in [0, 0.05) is 49.9 Å². The summed E-state index contributed by atoms with van der Waals surface area (Å²) in [7, 11) is 0. The second-order valence-corrected chi connectivity index (χ2v) is 8.51. The predicted molar refractivity (Wildman–Crippen MR) is 99.1 cm³/mol. The third-order valence-corrected chi connectivity index (χ3v) is 6.54. The molecule has 0 unspecified atom stereocenters. The quantitative estimate of drug-likeness (QED) is 0.824. The normalized spacial score (nSPS) is 26.1. The van der Waals surface area contributed by atoms with Gasteiger partial charge < -0.3 is 15.0 Å². The van der Waals surface area contributed by atoms with Crippen molar-refractivity contribution in [3.63, 3.8) is 0 Å². The Labute approximate surface area is 158 Å². The fraction of sp³-hybridized carbons (Fsp3) is 0.737. The highest BCUT2D eigenvalue weighted by atomic mass is 32.1. The van der Waals surface area contributed by atoms with Gasteiger partial charge in [-0.05, 0) is 38.5 Å². The highest BCUT2D eigenvalue weighted by Gasteiger charge is 2.33. The molecule has 2 aliphatic heterocycles. The summed E-state index contributed by atoms with van der Waals surface area (Å²) >= 11 is 1.69. The first-order valence-corrected chi connectivity index (χ1v) is 10.7. The lowest BCUT2D eigenvalue weighted by Crippen LogP contribution is -2.44. The molecule has 1 N–H and O–H groups in total. The third-order valence-electron chi connectivity index (χ3n) is 5.49. The molecule has 2 amide bonds. The number of thiazole rings is 1. The van der Waals surface area contributed by atoms with Crippen molar-refractivity contribution in [1.82, 2.24) is 15.2 Å². The molecule has 142 valence electrons. The Morgan fingerprint density at radius 3 is 2.92 bits per heavy atom. The molecule has 0 radical (unpaired) electrons. The van der Waals surface area contributed by atoms with Crippen LogP contribution >= 0.6 is 11.3 Å². The maximum Gasteiger partial charge on any atom is 0.251 e. The summed E-state index contributed by atoms with van der Waals surface area (Å²) in [6, 6.07) is 0. The molecule has 1 aromatic heterocycles. The third kappa shape index (κ3) is 4.26. The number of ether oxygens (including phenoxy) is 1. The number of amides is 2. The molecule has 4 rings (SSSR count). The average Bonchev–Trinajstić information content (AvgIpc) is 3.18. The Morgan fingerprint density at radius 1 is 1.27 bits per heavy atom. The van der Waals surface area contributed by atoms with Crippen LogP contribution < -0.4 is 5.32 Å². The lowest BCUT2D eigenvalue weighted by molar-refractivity contribution is -0.142. The molecular formula is C19H27N3O3S. The van der Waals surface area contributed by atoms with Crippen LogP contribution in [-0.4, -0.2) is 54.0 Å². The molecule has 1 saturated carbocycles. The van der Waals surface area contributed by atoms with Crippen LogP contribution in [0.1, 0.15) is 55.1 Å². The predicted octanol–water partition coefficient (Wildman–Crippen LogP) is 2.10. The summed E-state index contributed by atoms with van der Waals surface area (Å²) in [5.74, 6) is 0.937. The number of hydrogen-bond acceptors (Lipinski definition) is 5. The van der Waals surface area contributed by atoms with Crippen molar-refractivity contribution in [2.24, 2.45) is 5.92 Å². The number of nitrogens with zero attached hydrogens (tertiary/aromatic N) is 2. The summed E-state index contributed by atoms with van der Waals surface area (Å²) in [5, 5.41) is 6.21. The molecule has 0 bridgehead atoms. The van der Waals surface area contributed by atoms with Crippen molar-refractivity contribution < 1.29 is 14.3 Å². The standard InChI is InChI=1S/C19H27N3O3S/c23-17(13-5-6-13)20-8-7-15-12-26-18(21-15)14-3-1-9-22(11-14)19(24)16-4-2-10-25-16/h12-14,16H,1-11H2,(H,20,23)/t14-,16+/m1/s1. The second kappa shape index (κ2) is 8.05. The zero-order chi connectivity index (χ0) is 17.9. The van der Waals surface area contributed by atoms with Crippen molar-refractivity contribution in [2.75, 3.05) is 26.2 Å². The van der Waals surface area contributed by atoms with Crippen LogP contribution in [0.2, 0.25) is 0 Å². The smallest absolute Gasteiger partial charge is 0.251 e. The molecule has 2 atom stereocenters. The Balaban J connectivity index is 1.28. The number of carbonyl (C=O) groups is 2. The second-order valence-electron chi connectivity index (χ2n) is 7.62. The number of aromatic nitrogens is 1. The summed E-state index contributed by atoms with van der Waals surface area (Å²) in [5.41, 5.74) is 1.05. The lowest BCUT2D eigenvalue weighted by Gasteiger charge is -2.33. The highest BCUT2D eigenvalue weighted by Crippen LogP contribution is 2.31. The lowest BCUT2D eigenvalue weighted by atomic mass is 9.98. The van der Waals surface area contributed by atoms with Crippen molar-refractivity contribution in [2.45, 2.75) is 57.0 Å². The fourth-order valence-electron chi connectivity index (χ4n) is 3.78. The molecule has 0 spiro atoms.